The minimum Gasteiger partial charge on any atom is -0.493 e. The standard InChI is InChI=1S/C17H19N3O4/c1-19-17(21)16-12(8-18-19)20-5-4-10-6-14(22-2)15(23-3)7-11(10)13(20)9-24-16/h6-8,13H,4-5,9H2,1-3H3/t13-/m1/s1. The van der Waals surface area contributed by atoms with Gasteiger partial charge in [-0.3, -0.25) is 4.79 Å². The highest BCUT2D eigenvalue weighted by Gasteiger charge is 2.36. The zero-order chi connectivity index (χ0) is 16.8. The highest BCUT2D eigenvalue weighted by molar-refractivity contribution is 5.62. The van der Waals surface area contributed by atoms with Crippen LogP contribution in [-0.4, -0.2) is 37.2 Å². The first-order valence-electron chi connectivity index (χ1n) is 7.84. The van der Waals surface area contributed by atoms with Gasteiger partial charge in [0.05, 0.1) is 26.5 Å². The lowest BCUT2D eigenvalue weighted by atomic mass is 9.91. The molecule has 0 amide bonds. The summed E-state index contributed by atoms with van der Waals surface area (Å²) in [4.78, 5) is 14.4. The van der Waals surface area contributed by atoms with Crippen LogP contribution >= 0.6 is 0 Å². The number of hydrogen-bond acceptors (Lipinski definition) is 6. The molecular formula is C17H19N3O4. The lowest BCUT2D eigenvalue weighted by molar-refractivity contribution is 0.251. The Balaban J connectivity index is 1.81. The van der Waals surface area contributed by atoms with Crippen molar-refractivity contribution in [1.29, 1.82) is 0 Å². The second-order valence-electron chi connectivity index (χ2n) is 5.96. The predicted molar refractivity (Wildman–Crippen MR) is 88.3 cm³/mol. The van der Waals surface area contributed by atoms with Crippen LogP contribution in [0.4, 0.5) is 5.69 Å². The van der Waals surface area contributed by atoms with Crippen LogP contribution in [0.3, 0.4) is 0 Å². The summed E-state index contributed by atoms with van der Waals surface area (Å²) in [6, 6.07) is 4.08. The van der Waals surface area contributed by atoms with Crippen molar-refractivity contribution in [3.05, 3.63) is 39.8 Å². The van der Waals surface area contributed by atoms with Gasteiger partial charge < -0.3 is 19.1 Å². The summed E-state index contributed by atoms with van der Waals surface area (Å²) in [5.41, 5.74) is 2.92. The van der Waals surface area contributed by atoms with E-state index in [9.17, 15) is 4.79 Å². The van der Waals surface area contributed by atoms with E-state index in [1.807, 2.05) is 12.1 Å². The average molecular weight is 329 g/mol. The number of ether oxygens (including phenoxy) is 3. The van der Waals surface area contributed by atoms with E-state index in [-0.39, 0.29) is 11.6 Å². The van der Waals surface area contributed by atoms with Crippen molar-refractivity contribution in [2.24, 2.45) is 7.05 Å². The van der Waals surface area contributed by atoms with Gasteiger partial charge in [-0.2, -0.15) is 5.10 Å². The third-order valence-corrected chi connectivity index (χ3v) is 4.77. The highest BCUT2D eigenvalue weighted by Crippen LogP contribution is 2.43. The Morgan fingerprint density at radius 2 is 2.00 bits per heavy atom. The summed E-state index contributed by atoms with van der Waals surface area (Å²) in [6.45, 7) is 1.23. The van der Waals surface area contributed by atoms with Crippen molar-refractivity contribution >= 4 is 5.69 Å². The predicted octanol–water partition coefficient (Wildman–Crippen LogP) is 1.29. The second-order valence-corrected chi connectivity index (χ2v) is 5.96. The molecule has 2 aromatic rings. The lowest BCUT2D eigenvalue weighted by Crippen LogP contribution is -2.43. The Morgan fingerprint density at radius 3 is 2.75 bits per heavy atom. The molecule has 3 heterocycles. The van der Waals surface area contributed by atoms with Crippen LogP contribution in [0, 0.1) is 0 Å². The van der Waals surface area contributed by atoms with E-state index in [2.05, 4.69) is 10.00 Å². The van der Waals surface area contributed by atoms with Gasteiger partial charge in [-0.25, -0.2) is 4.68 Å². The van der Waals surface area contributed by atoms with Crippen LogP contribution in [0.2, 0.25) is 0 Å². The van der Waals surface area contributed by atoms with Gasteiger partial charge in [-0.05, 0) is 29.7 Å². The average Bonchev–Trinajstić information content (AvgIpc) is 2.62. The minimum absolute atomic E-state index is 0.0370. The first-order chi connectivity index (χ1) is 11.6. The van der Waals surface area contributed by atoms with Crippen LogP contribution < -0.4 is 24.7 Å². The topological polar surface area (TPSA) is 65.8 Å². The molecule has 0 aliphatic carbocycles. The number of rotatable bonds is 2. The molecule has 7 nitrogen and oxygen atoms in total. The van der Waals surface area contributed by atoms with Crippen LogP contribution in [-0.2, 0) is 13.5 Å². The number of aryl methyl sites for hydroxylation is 1. The van der Waals surface area contributed by atoms with Gasteiger partial charge in [0, 0.05) is 13.6 Å². The molecular weight excluding hydrogens is 310 g/mol. The molecule has 1 aromatic heterocycles. The number of benzene rings is 1. The molecule has 7 heteroatoms. The largest absolute Gasteiger partial charge is 0.493 e. The van der Waals surface area contributed by atoms with E-state index in [4.69, 9.17) is 14.2 Å². The fraction of sp³-hybridized carbons (Fsp3) is 0.412. The molecule has 0 N–H and O–H groups in total. The summed E-state index contributed by atoms with van der Waals surface area (Å²) in [6.07, 6.45) is 2.56. The minimum atomic E-state index is -0.205. The van der Waals surface area contributed by atoms with E-state index in [0.717, 1.165) is 30.0 Å². The van der Waals surface area contributed by atoms with Crippen LogP contribution in [0.25, 0.3) is 0 Å². The fourth-order valence-electron chi connectivity index (χ4n) is 3.51. The van der Waals surface area contributed by atoms with Crippen molar-refractivity contribution < 1.29 is 14.2 Å². The maximum atomic E-state index is 12.2. The summed E-state index contributed by atoms with van der Waals surface area (Å²) in [7, 11) is 4.90. The van der Waals surface area contributed by atoms with Gasteiger partial charge in [-0.15, -0.1) is 0 Å². The second kappa shape index (κ2) is 5.43. The molecule has 0 bridgehead atoms. The number of fused-ring (bicyclic) bond motifs is 5. The van der Waals surface area contributed by atoms with Crippen LogP contribution in [0.1, 0.15) is 17.2 Å². The molecule has 0 radical (unpaired) electrons. The molecule has 1 aromatic carbocycles. The molecule has 2 aliphatic heterocycles. The van der Waals surface area contributed by atoms with Gasteiger partial charge in [0.15, 0.2) is 11.5 Å². The van der Waals surface area contributed by atoms with Gasteiger partial charge >= 0.3 is 5.56 Å². The third kappa shape index (κ3) is 2.04. The summed E-state index contributed by atoms with van der Waals surface area (Å²) in [5.74, 6) is 1.82. The molecule has 4 rings (SSSR count). The molecule has 0 spiro atoms. The molecule has 0 unspecified atom stereocenters. The van der Waals surface area contributed by atoms with E-state index in [1.54, 1.807) is 27.5 Å². The maximum absolute atomic E-state index is 12.2. The first-order valence-corrected chi connectivity index (χ1v) is 7.84. The maximum Gasteiger partial charge on any atom is 0.311 e. The van der Waals surface area contributed by atoms with Crippen molar-refractivity contribution in [1.82, 2.24) is 9.78 Å². The quantitative estimate of drug-likeness (QED) is 0.827. The molecule has 1 atom stereocenters. The molecule has 126 valence electrons. The van der Waals surface area contributed by atoms with Gasteiger partial charge in [0.1, 0.15) is 12.3 Å². The van der Waals surface area contributed by atoms with Crippen LogP contribution in [0.15, 0.2) is 23.1 Å². The van der Waals surface area contributed by atoms with E-state index in [1.165, 1.54) is 10.2 Å². The Kier molecular flexibility index (Phi) is 3.37. The fourth-order valence-corrected chi connectivity index (χ4v) is 3.51. The molecule has 24 heavy (non-hydrogen) atoms. The lowest BCUT2D eigenvalue weighted by Gasteiger charge is -2.42. The highest BCUT2D eigenvalue weighted by atomic mass is 16.5. The normalized spacial score (nSPS) is 18.1. The Hall–Kier alpha value is -2.70. The van der Waals surface area contributed by atoms with Crippen molar-refractivity contribution in [3.8, 4) is 17.2 Å². The molecule has 0 fully saturated rings. The zero-order valence-corrected chi connectivity index (χ0v) is 13.9. The van der Waals surface area contributed by atoms with Gasteiger partial charge in [-0.1, -0.05) is 0 Å². The third-order valence-electron chi connectivity index (χ3n) is 4.77. The van der Waals surface area contributed by atoms with E-state index >= 15 is 0 Å². The Morgan fingerprint density at radius 1 is 1.25 bits per heavy atom. The van der Waals surface area contributed by atoms with Crippen LogP contribution in [0.5, 0.6) is 17.2 Å². The molecule has 2 aliphatic rings. The summed E-state index contributed by atoms with van der Waals surface area (Å²) in [5, 5.41) is 4.14. The zero-order valence-electron chi connectivity index (χ0n) is 13.9. The molecule has 0 saturated carbocycles. The van der Waals surface area contributed by atoms with Gasteiger partial charge in [0.25, 0.3) is 0 Å². The first kappa shape index (κ1) is 14.9. The molecule has 0 saturated heterocycles. The monoisotopic (exact) mass is 329 g/mol. The smallest absolute Gasteiger partial charge is 0.311 e. The van der Waals surface area contributed by atoms with E-state index < -0.39 is 0 Å². The number of methoxy groups -OCH3 is 2. The number of aromatic nitrogens is 2. The van der Waals surface area contributed by atoms with Crippen molar-refractivity contribution in [2.75, 3.05) is 32.3 Å². The number of nitrogens with zero attached hydrogens (tertiary/aromatic N) is 3. The summed E-state index contributed by atoms with van der Waals surface area (Å²) < 4.78 is 17.9. The van der Waals surface area contributed by atoms with Crippen molar-refractivity contribution in [2.45, 2.75) is 12.5 Å². The van der Waals surface area contributed by atoms with Gasteiger partial charge in [0.2, 0.25) is 5.75 Å². The van der Waals surface area contributed by atoms with E-state index in [0.29, 0.717) is 18.1 Å². The Bertz CT molecular complexity index is 862. The van der Waals surface area contributed by atoms with Crippen molar-refractivity contribution in [3.63, 3.8) is 0 Å². The summed E-state index contributed by atoms with van der Waals surface area (Å²) >= 11 is 0. The Labute approximate surface area is 139 Å². The SMILES string of the molecule is COc1cc2c(cc1OC)[C@H]1COc3c(cnn(C)c3=O)N1CC2. The number of anilines is 1. The number of hydrogen-bond donors (Lipinski definition) is 0.